The van der Waals surface area contributed by atoms with Crippen molar-refractivity contribution in [1.29, 1.82) is 0 Å². The smallest absolute Gasteiger partial charge is 0.264 e. The van der Waals surface area contributed by atoms with E-state index in [4.69, 9.17) is 11.6 Å². The van der Waals surface area contributed by atoms with Crippen LogP contribution in [-0.2, 0) is 14.8 Å². The molecule has 3 aromatic carbocycles. The molecule has 0 spiro atoms. The van der Waals surface area contributed by atoms with Gasteiger partial charge in [0, 0.05) is 11.6 Å². The summed E-state index contributed by atoms with van der Waals surface area (Å²) >= 11 is 6.02. The molecule has 32 heavy (non-hydrogen) atoms. The van der Waals surface area contributed by atoms with Crippen LogP contribution in [0.4, 0.5) is 5.69 Å². The van der Waals surface area contributed by atoms with Gasteiger partial charge in [0.2, 0.25) is 5.91 Å². The second kappa shape index (κ2) is 9.35. The van der Waals surface area contributed by atoms with Crippen molar-refractivity contribution in [3.63, 3.8) is 0 Å². The summed E-state index contributed by atoms with van der Waals surface area (Å²) in [5.41, 5.74) is 2.43. The largest absolute Gasteiger partial charge is 0.334 e. The van der Waals surface area contributed by atoms with Crippen molar-refractivity contribution in [3.05, 3.63) is 95.0 Å². The highest BCUT2D eigenvalue weighted by atomic mass is 35.5. The number of aryl methyl sites for hydroxylation is 1. The van der Waals surface area contributed by atoms with Crippen LogP contribution >= 0.6 is 11.6 Å². The van der Waals surface area contributed by atoms with Crippen LogP contribution in [0.5, 0.6) is 0 Å². The van der Waals surface area contributed by atoms with Crippen LogP contribution < -0.4 is 4.31 Å². The molecule has 1 amide bonds. The lowest BCUT2D eigenvalue weighted by Crippen LogP contribution is -2.42. The molecule has 0 radical (unpaired) electrons. The van der Waals surface area contributed by atoms with E-state index in [1.54, 1.807) is 53.4 Å². The Morgan fingerprint density at radius 1 is 1.00 bits per heavy atom. The number of nitrogens with zero attached hydrogens (tertiary/aromatic N) is 2. The first-order valence-corrected chi connectivity index (χ1v) is 12.4. The summed E-state index contributed by atoms with van der Waals surface area (Å²) in [4.78, 5) is 15.3. The topological polar surface area (TPSA) is 57.7 Å². The molecule has 1 heterocycles. The monoisotopic (exact) mass is 468 g/mol. The van der Waals surface area contributed by atoms with Crippen LogP contribution in [0.2, 0.25) is 5.02 Å². The Morgan fingerprint density at radius 3 is 2.31 bits per heavy atom. The second-order valence-corrected chi connectivity index (χ2v) is 10.3. The SMILES string of the molecule is Cc1ccc(S(=O)(=O)N(CC(=O)N2CCCC2c2ccccc2)c2ccc(Cl)cc2)cc1. The molecular weight excluding hydrogens is 444 g/mol. The second-order valence-electron chi connectivity index (χ2n) is 7.96. The fraction of sp³-hybridized carbons (Fsp3) is 0.240. The van der Waals surface area contributed by atoms with Crippen molar-refractivity contribution in [2.75, 3.05) is 17.4 Å². The molecule has 4 rings (SSSR count). The standard InChI is InChI=1S/C25H25ClN2O3S/c1-19-9-15-23(16-10-19)32(30,31)28(22-13-11-21(26)12-14-22)18-25(29)27-17-5-8-24(27)20-6-3-2-4-7-20/h2-4,6-7,9-16,24H,5,8,17-18H2,1H3. The number of anilines is 1. The van der Waals surface area contributed by atoms with Gasteiger partial charge in [0.25, 0.3) is 10.0 Å². The van der Waals surface area contributed by atoms with Gasteiger partial charge in [-0.15, -0.1) is 0 Å². The van der Waals surface area contributed by atoms with E-state index >= 15 is 0 Å². The van der Waals surface area contributed by atoms with Crippen LogP contribution in [-0.4, -0.2) is 32.3 Å². The van der Waals surface area contributed by atoms with Gasteiger partial charge in [-0.1, -0.05) is 59.6 Å². The van der Waals surface area contributed by atoms with E-state index in [1.165, 1.54) is 4.31 Å². The molecule has 1 aliphatic heterocycles. The molecule has 1 unspecified atom stereocenters. The van der Waals surface area contributed by atoms with Gasteiger partial charge in [-0.25, -0.2) is 8.42 Å². The summed E-state index contributed by atoms with van der Waals surface area (Å²) < 4.78 is 28.3. The Kier molecular flexibility index (Phi) is 6.53. The predicted octanol–water partition coefficient (Wildman–Crippen LogP) is 5.21. The molecule has 3 aromatic rings. The minimum atomic E-state index is -3.95. The number of amides is 1. The lowest BCUT2D eigenvalue weighted by Gasteiger charge is -2.30. The lowest BCUT2D eigenvalue weighted by molar-refractivity contribution is -0.130. The van der Waals surface area contributed by atoms with Crippen molar-refractivity contribution in [2.24, 2.45) is 0 Å². The van der Waals surface area contributed by atoms with E-state index in [9.17, 15) is 13.2 Å². The van der Waals surface area contributed by atoms with E-state index in [2.05, 4.69) is 0 Å². The van der Waals surface area contributed by atoms with Gasteiger partial charge in [0.15, 0.2) is 0 Å². The molecule has 0 aliphatic carbocycles. The molecule has 0 N–H and O–H groups in total. The van der Waals surface area contributed by atoms with Gasteiger partial charge >= 0.3 is 0 Å². The number of hydrogen-bond donors (Lipinski definition) is 0. The molecule has 1 saturated heterocycles. The number of halogens is 1. The van der Waals surface area contributed by atoms with Gasteiger partial charge in [0.05, 0.1) is 16.6 Å². The van der Waals surface area contributed by atoms with Crippen LogP contribution in [0.1, 0.15) is 30.0 Å². The molecule has 0 saturated carbocycles. The summed E-state index contributed by atoms with van der Waals surface area (Å²) in [6, 6.07) is 23.0. The maximum atomic E-state index is 13.6. The third-order valence-electron chi connectivity index (χ3n) is 5.76. The number of carbonyl (C=O) groups is 1. The Balaban J connectivity index is 1.67. The summed E-state index contributed by atoms with van der Waals surface area (Å²) in [6.07, 6.45) is 1.75. The minimum Gasteiger partial charge on any atom is -0.334 e. The first-order chi connectivity index (χ1) is 15.4. The zero-order valence-corrected chi connectivity index (χ0v) is 19.4. The number of hydrogen-bond acceptors (Lipinski definition) is 3. The fourth-order valence-corrected chi connectivity index (χ4v) is 5.60. The van der Waals surface area contributed by atoms with E-state index in [1.807, 2.05) is 37.3 Å². The van der Waals surface area contributed by atoms with Crippen molar-refractivity contribution < 1.29 is 13.2 Å². The van der Waals surface area contributed by atoms with Gasteiger partial charge in [-0.05, 0) is 61.7 Å². The van der Waals surface area contributed by atoms with Crippen LogP contribution in [0.25, 0.3) is 0 Å². The minimum absolute atomic E-state index is 0.0437. The molecule has 0 aromatic heterocycles. The zero-order valence-electron chi connectivity index (χ0n) is 17.8. The Labute approximate surface area is 194 Å². The van der Waals surface area contributed by atoms with Gasteiger partial charge in [-0.2, -0.15) is 0 Å². The highest BCUT2D eigenvalue weighted by Gasteiger charge is 2.34. The summed E-state index contributed by atoms with van der Waals surface area (Å²) in [5.74, 6) is -0.220. The Hall–Kier alpha value is -2.83. The molecule has 1 fully saturated rings. The maximum Gasteiger partial charge on any atom is 0.264 e. The number of carbonyl (C=O) groups excluding carboxylic acids is 1. The normalized spacial score (nSPS) is 16.2. The fourth-order valence-electron chi connectivity index (χ4n) is 4.06. The quantitative estimate of drug-likeness (QED) is 0.499. The number of likely N-dealkylation sites (tertiary alicyclic amines) is 1. The molecule has 166 valence electrons. The van der Waals surface area contributed by atoms with Gasteiger partial charge in [-0.3, -0.25) is 9.10 Å². The third-order valence-corrected chi connectivity index (χ3v) is 7.80. The van der Waals surface area contributed by atoms with E-state index in [0.717, 1.165) is 24.0 Å². The average Bonchev–Trinajstić information content (AvgIpc) is 3.29. The first-order valence-electron chi connectivity index (χ1n) is 10.6. The Bertz CT molecular complexity index is 1180. The number of rotatable bonds is 6. The summed E-state index contributed by atoms with van der Waals surface area (Å²) in [7, 11) is -3.95. The summed E-state index contributed by atoms with van der Waals surface area (Å²) in [6.45, 7) is 2.23. The van der Waals surface area contributed by atoms with Crippen molar-refractivity contribution in [3.8, 4) is 0 Å². The maximum absolute atomic E-state index is 13.6. The van der Waals surface area contributed by atoms with E-state index in [-0.39, 0.29) is 23.4 Å². The molecule has 5 nitrogen and oxygen atoms in total. The van der Waals surface area contributed by atoms with Gasteiger partial charge < -0.3 is 4.90 Å². The van der Waals surface area contributed by atoms with Crippen molar-refractivity contribution in [2.45, 2.75) is 30.7 Å². The van der Waals surface area contributed by atoms with Gasteiger partial charge in [0.1, 0.15) is 6.54 Å². The third kappa shape index (κ3) is 4.66. The highest BCUT2D eigenvalue weighted by Crippen LogP contribution is 2.33. The molecule has 7 heteroatoms. The van der Waals surface area contributed by atoms with Crippen molar-refractivity contribution >= 4 is 33.2 Å². The van der Waals surface area contributed by atoms with Crippen molar-refractivity contribution in [1.82, 2.24) is 4.90 Å². The highest BCUT2D eigenvalue weighted by molar-refractivity contribution is 7.92. The predicted molar refractivity (Wildman–Crippen MR) is 127 cm³/mol. The van der Waals surface area contributed by atoms with Crippen LogP contribution in [0.15, 0.2) is 83.8 Å². The van der Waals surface area contributed by atoms with E-state index in [0.29, 0.717) is 17.3 Å². The lowest BCUT2D eigenvalue weighted by atomic mass is 10.0. The number of sulfonamides is 1. The molecule has 1 atom stereocenters. The average molecular weight is 469 g/mol. The van der Waals surface area contributed by atoms with Crippen LogP contribution in [0, 0.1) is 6.92 Å². The van der Waals surface area contributed by atoms with Crippen LogP contribution in [0.3, 0.4) is 0 Å². The Morgan fingerprint density at radius 2 is 1.66 bits per heavy atom. The van der Waals surface area contributed by atoms with E-state index < -0.39 is 10.0 Å². The molecule has 0 bridgehead atoms. The molecular formula is C25H25ClN2O3S. The number of benzene rings is 3. The molecule has 1 aliphatic rings. The first kappa shape index (κ1) is 22.4. The zero-order chi connectivity index (χ0) is 22.7. The summed E-state index contributed by atoms with van der Waals surface area (Å²) in [5, 5.41) is 0.497.